The van der Waals surface area contributed by atoms with Gasteiger partial charge in [0, 0.05) is 25.0 Å². The number of nitrogens with one attached hydrogen (secondary N) is 1. The monoisotopic (exact) mass is 400 g/mol. The summed E-state index contributed by atoms with van der Waals surface area (Å²) in [7, 11) is 0. The van der Waals surface area contributed by atoms with E-state index in [0.29, 0.717) is 12.4 Å². The first-order chi connectivity index (χ1) is 13.7. The van der Waals surface area contributed by atoms with Crippen molar-refractivity contribution in [1.29, 1.82) is 0 Å². The van der Waals surface area contributed by atoms with Gasteiger partial charge in [-0.25, -0.2) is 4.98 Å². The SMILES string of the molecule is C[C@H](O)CNc1nnnc2c1sc1nc(N3CCOCC3)c3c(c12)CCCC3. The molecule has 4 heterocycles. The normalized spacial score (nSPS) is 18.4. The number of aliphatic hydroxyl groups is 1. The van der Waals surface area contributed by atoms with Crippen LogP contribution in [0.3, 0.4) is 0 Å². The number of morpholine rings is 1. The van der Waals surface area contributed by atoms with Gasteiger partial charge in [-0.2, -0.15) is 0 Å². The third-order valence-corrected chi connectivity index (χ3v) is 6.57. The van der Waals surface area contributed by atoms with Crippen LogP contribution in [-0.4, -0.2) is 64.5 Å². The van der Waals surface area contributed by atoms with Crippen LogP contribution in [0.5, 0.6) is 0 Å². The Morgan fingerprint density at radius 1 is 1.18 bits per heavy atom. The van der Waals surface area contributed by atoms with E-state index < -0.39 is 6.10 Å². The quantitative estimate of drug-likeness (QED) is 0.688. The lowest BCUT2D eigenvalue weighted by atomic mass is 9.90. The Morgan fingerprint density at radius 3 is 2.75 bits per heavy atom. The second-order valence-corrected chi connectivity index (χ2v) is 8.53. The summed E-state index contributed by atoms with van der Waals surface area (Å²) in [6.45, 7) is 5.45. The van der Waals surface area contributed by atoms with Gasteiger partial charge in [0.1, 0.15) is 20.9 Å². The van der Waals surface area contributed by atoms with Crippen LogP contribution in [0.25, 0.3) is 20.4 Å². The number of thiophene rings is 1. The molecule has 8 nitrogen and oxygen atoms in total. The van der Waals surface area contributed by atoms with E-state index in [1.54, 1.807) is 18.3 Å². The predicted octanol–water partition coefficient (Wildman–Crippen LogP) is 2.14. The number of aliphatic hydroxyl groups excluding tert-OH is 1. The van der Waals surface area contributed by atoms with E-state index in [1.807, 2.05) is 0 Å². The van der Waals surface area contributed by atoms with Gasteiger partial charge in [-0.1, -0.05) is 0 Å². The summed E-state index contributed by atoms with van der Waals surface area (Å²) in [6.07, 6.45) is 4.05. The van der Waals surface area contributed by atoms with Crippen molar-refractivity contribution in [3.8, 4) is 0 Å². The average molecular weight is 401 g/mol. The number of rotatable bonds is 4. The average Bonchev–Trinajstić information content (AvgIpc) is 3.11. The molecule has 1 saturated heterocycles. The lowest BCUT2D eigenvalue weighted by Crippen LogP contribution is -2.37. The molecular weight excluding hydrogens is 376 g/mol. The minimum Gasteiger partial charge on any atom is -0.392 e. The summed E-state index contributed by atoms with van der Waals surface area (Å²) < 4.78 is 6.50. The number of nitrogens with zero attached hydrogens (tertiary/aromatic N) is 5. The summed E-state index contributed by atoms with van der Waals surface area (Å²) in [4.78, 5) is 8.47. The van der Waals surface area contributed by atoms with Gasteiger partial charge in [0.05, 0.1) is 19.3 Å². The van der Waals surface area contributed by atoms with Crippen LogP contribution in [0.2, 0.25) is 0 Å². The number of hydrogen-bond acceptors (Lipinski definition) is 9. The molecule has 2 N–H and O–H groups in total. The Morgan fingerprint density at radius 2 is 1.96 bits per heavy atom. The molecule has 1 atom stereocenters. The molecule has 0 aromatic carbocycles. The minimum atomic E-state index is -0.460. The van der Waals surface area contributed by atoms with Crippen molar-refractivity contribution in [3.63, 3.8) is 0 Å². The molecular formula is C19H24N6O2S. The van der Waals surface area contributed by atoms with Crippen LogP contribution in [0, 0.1) is 0 Å². The summed E-state index contributed by atoms with van der Waals surface area (Å²) in [5.74, 6) is 1.79. The lowest BCUT2D eigenvalue weighted by Gasteiger charge is -2.31. The van der Waals surface area contributed by atoms with Gasteiger partial charge >= 0.3 is 0 Å². The molecule has 0 saturated carbocycles. The van der Waals surface area contributed by atoms with E-state index in [4.69, 9.17) is 9.72 Å². The maximum Gasteiger partial charge on any atom is 0.170 e. The highest BCUT2D eigenvalue weighted by atomic mass is 32.1. The third kappa shape index (κ3) is 3.07. The van der Waals surface area contributed by atoms with Gasteiger partial charge in [0.15, 0.2) is 5.82 Å². The van der Waals surface area contributed by atoms with E-state index in [-0.39, 0.29) is 0 Å². The van der Waals surface area contributed by atoms with E-state index in [9.17, 15) is 5.11 Å². The number of ether oxygens (including phenoxy) is 1. The molecule has 2 aliphatic rings. The molecule has 28 heavy (non-hydrogen) atoms. The lowest BCUT2D eigenvalue weighted by molar-refractivity contribution is 0.122. The van der Waals surface area contributed by atoms with Gasteiger partial charge in [-0.3, -0.25) is 0 Å². The van der Waals surface area contributed by atoms with Crippen LogP contribution < -0.4 is 10.2 Å². The smallest absolute Gasteiger partial charge is 0.170 e. The van der Waals surface area contributed by atoms with E-state index in [0.717, 1.165) is 65.4 Å². The molecule has 0 amide bonds. The zero-order chi connectivity index (χ0) is 19.1. The standard InChI is InChI=1S/C19H24N6O2S/c1-11(26)10-20-17-16-15(22-24-23-17)14-12-4-2-3-5-13(12)18(21-19(14)28-16)25-6-8-27-9-7-25/h11,26H,2-10H2,1H3,(H,20,22,23)/t11-/m0/s1. The highest BCUT2D eigenvalue weighted by Gasteiger charge is 2.26. The van der Waals surface area contributed by atoms with Crippen molar-refractivity contribution in [2.45, 2.75) is 38.7 Å². The first-order valence-electron chi connectivity index (χ1n) is 9.94. The predicted molar refractivity (Wildman–Crippen MR) is 110 cm³/mol. The molecule has 9 heteroatoms. The summed E-state index contributed by atoms with van der Waals surface area (Å²) in [5.41, 5.74) is 3.63. The van der Waals surface area contributed by atoms with Crippen molar-refractivity contribution in [1.82, 2.24) is 20.4 Å². The number of fused-ring (bicyclic) bond motifs is 5. The van der Waals surface area contributed by atoms with E-state index in [2.05, 4.69) is 25.6 Å². The van der Waals surface area contributed by atoms with Gasteiger partial charge in [0.25, 0.3) is 0 Å². The Bertz CT molecular complexity index is 1010. The maximum absolute atomic E-state index is 9.61. The van der Waals surface area contributed by atoms with Gasteiger partial charge in [-0.05, 0) is 48.9 Å². The fourth-order valence-corrected chi connectivity index (χ4v) is 5.26. The maximum atomic E-state index is 9.61. The molecule has 5 rings (SSSR count). The summed E-state index contributed by atoms with van der Waals surface area (Å²) >= 11 is 1.61. The highest BCUT2D eigenvalue weighted by molar-refractivity contribution is 7.26. The fourth-order valence-electron chi connectivity index (χ4n) is 4.16. The molecule has 3 aromatic rings. The van der Waals surface area contributed by atoms with Crippen LogP contribution in [0.4, 0.5) is 11.6 Å². The van der Waals surface area contributed by atoms with Gasteiger partial charge in [-0.15, -0.1) is 21.5 Å². The van der Waals surface area contributed by atoms with Gasteiger partial charge < -0.3 is 20.1 Å². The highest BCUT2D eigenvalue weighted by Crippen LogP contribution is 2.42. The Kier molecular flexibility index (Phi) is 4.73. The molecule has 0 radical (unpaired) electrons. The van der Waals surface area contributed by atoms with Crippen molar-refractivity contribution < 1.29 is 9.84 Å². The van der Waals surface area contributed by atoms with Crippen molar-refractivity contribution in [3.05, 3.63) is 11.1 Å². The molecule has 1 aliphatic heterocycles. The van der Waals surface area contributed by atoms with Crippen LogP contribution >= 0.6 is 11.3 Å². The second kappa shape index (κ2) is 7.38. The first-order valence-corrected chi connectivity index (χ1v) is 10.8. The molecule has 0 unspecified atom stereocenters. The summed E-state index contributed by atoms with van der Waals surface area (Å²) in [5, 5.41) is 26.5. The molecule has 148 valence electrons. The Labute approximate surface area is 166 Å². The van der Waals surface area contributed by atoms with Crippen molar-refractivity contribution >= 4 is 43.4 Å². The summed E-state index contributed by atoms with van der Waals surface area (Å²) in [6, 6.07) is 0. The number of aromatic nitrogens is 4. The third-order valence-electron chi connectivity index (χ3n) is 5.49. The Hall–Kier alpha value is -2.10. The number of hydrogen-bond donors (Lipinski definition) is 2. The number of aryl methyl sites for hydroxylation is 1. The van der Waals surface area contributed by atoms with Crippen LogP contribution in [0.1, 0.15) is 30.9 Å². The van der Waals surface area contributed by atoms with Crippen molar-refractivity contribution in [2.75, 3.05) is 43.1 Å². The molecule has 1 aliphatic carbocycles. The van der Waals surface area contributed by atoms with Gasteiger partial charge in [0.2, 0.25) is 0 Å². The largest absolute Gasteiger partial charge is 0.392 e. The molecule has 0 spiro atoms. The van der Waals surface area contributed by atoms with Crippen LogP contribution in [0.15, 0.2) is 0 Å². The molecule has 0 bridgehead atoms. The molecule has 1 fully saturated rings. The zero-order valence-electron chi connectivity index (χ0n) is 15.9. The first kappa shape index (κ1) is 18.0. The van der Waals surface area contributed by atoms with E-state index in [1.165, 1.54) is 24.0 Å². The van der Waals surface area contributed by atoms with Crippen LogP contribution in [-0.2, 0) is 17.6 Å². The second-order valence-electron chi connectivity index (χ2n) is 7.53. The number of pyridine rings is 1. The number of anilines is 2. The fraction of sp³-hybridized carbons (Fsp3) is 0.579. The van der Waals surface area contributed by atoms with Crippen molar-refractivity contribution in [2.24, 2.45) is 0 Å². The topological polar surface area (TPSA) is 96.3 Å². The Balaban J connectivity index is 1.70. The van der Waals surface area contributed by atoms with E-state index >= 15 is 0 Å². The minimum absolute atomic E-state index is 0.423. The molecule has 3 aromatic heterocycles. The zero-order valence-corrected chi connectivity index (χ0v) is 16.8.